The predicted molar refractivity (Wildman–Crippen MR) is 94.6 cm³/mol. The third-order valence-electron chi connectivity index (χ3n) is 4.19. The van der Waals surface area contributed by atoms with Crippen molar-refractivity contribution in [2.75, 3.05) is 24.6 Å². The van der Waals surface area contributed by atoms with Crippen molar-refractivity contribution in [2.24, 2.45) is 0 Å². The lowest BCUT2D eigenvalue weighted by molar-refractivity contribution is 0.0696. The number of carbonyl (C=O) groups is 1. The number of aromatic carboxylic acids is 1. The average Bonchev–Trinajstić information content (AvgIpc) is 2.63. The number of halogens is 1. The predicted octanol–water partition coefficient (Wildman–Crippen LogP) is 3.37. The van der Waals surface area contributed by atoms with Crippen molar-refractivity contribution >= 4 is 11.8 Å². The van der Waals surface area contributed by atoms with Gasteiger partial charge in [-0.3, -0.25) is 0 Å². The van der Waals surface area contributed by atoms with Crippen LogP contribution in [-0.2, 0) is 0 Å². The number of carboxylic acid groups (broad SMARTS) is 1. The van der Waals surface area contributed by atoms with Gasteiger partial charge in [0.05, 0.1) is 18.7 Å². The van der Waals surface area contributed by atoms with Crippen LogP contribution in [0.1, 0.15) is 30.1 Å². The molecule has 6 nitrogen and oxygen atoms in total. The van der Waals surface area contributed by atoms with Crippen LogP contribution in [0, 0.1) is 5.82 Å². The van der Waals surface area contributed by atoms with Crippen molar-refractivity contribution in [1.29, 1.82) is 0 Å². The molecule has 0 amide bonds. The van der Waals surface area contributed by atoms with Gasteiger partial charge in [-0.2, -0.15) is 0 Å². The highest BCUT2D eigenvalue weighted by molar-refractivity contribution is 5.87. The van der Waals surface area contributed by atoms with Gasteiger partial charge in [-0.1, -0.05) is 12.1 Å². The average molecular weight is 360 g/mol. The largest absolute Gasteiger partial charge is 0.490 e. The van der Waals surface area contributed by atoms with Crippen molar-refractivity contribution in [2.45, 2.75) is 25.9 Å². The molecule has 0 spiro atoms. The molecule has 0 saturated carbocycles. The van der Waals surface area contributed by atoms with Gasteiger partial charge in [-0.25, -0.2) is 14.2 Å². The maximum atomic E-state index is 14.3. The summed E-state index contributed by atoms with van der Waals surface area (Å²) in [7, 11) is 0. The van der Waals surface area contributed by atoms with Gasteiger partial charge in [-0.05, 0) is 38.0 Å². The molecule has 0 radical (unpaired) electrons. The van der Waals surface area contributed by atoms with Crippen LogP contribution >= 0.6 is 0 Å². The van der Waals surface area contributed by atoms with Crippen LogP contribution in [0.5, 0.6) is 11.5 Å². The first-order valence-corrected chi connectivity index (χ1v) is 8.60. The van der Waals surface area contributed by atoms with E-state index in [2.05, 4.69) is 4.98 Å². The van der Waals surface area contributed by atoms with Gasteiger partial charge in [0.15, 0.2) is 23.1 Å². The van der Waals surface area contributed by atoms with Crippen molar-refractivity contribution in [3.63, 3.8) is 0 Å². The first-order chi connectivity index (χ1) is 12.6. The van der Waals surface area contributed by atoms with E-state index in [0.717, 1.165) is 18.9 Å². The molecule has 1 saturated heterocycles. The van der Waals surface area contributed by atoms with Crippen molar-refractivity contribution < 1.29 is 23.8 Å². The Morgan fingerprint density at radius 1 is 1.38 bits per heavy atom. The Morgan fingerprint density at radius 3 is 2.85 bits per heavy atom. The lowest BCUT2D eigenvalue weighted by atomic mass is 10.1. The molecule has 2 heterocycles. The number of benzene rings is 1. The van der Waals surface area contributed by atoms with Crippen LogP contribution < -0.4 is 14.4 Å². The Labute approximate surface area is 151 Å². The number of hydrogen-bond donors (Lipinski definition) is 1. The number of nitrogens with zero attached hydrogens (tertiary/aromatic N) is 2. The summed E-state index contributed by atoms with van der Waals surface area (Å²) in [5.74, 6) is -0.338. The summed E-state index contributed by atoms with van der Waals surface area (Å²) in [5.41, 5.74) is -0.165. The molecule has 1 atom stereocenters. The summed E-state index contributed by atoms with van der Waals surface area (Å²) in [6, 6.07) is 8.47. The van der Waals surface area contributed by atoms with Gasteiger partial charge < -0.3 is 19.5 Å². The van der Waals surface area contributed by atoms with Gasteiger partial charge >= 0.3 is 5.97 Å². The van der Waals surface area contributed by atoms with Gasteiger partial charge in [0.1, 0.15) is 6.10 Å². The summed E-state index contributed by atoms with van der Waals surface area (Å²) in [4.78, 5) is 16.7. The molecule has 2 aromatic rings. The molecule has 1 N–H and O–H groups in total. The van der Waals surface area contributed by atoms with E-state index >= 15 is 0 Å². The highest BCUT2D eigenvalue weighted by Gasteiger charge is 2.25. The summed E-state index contributed by atoms with van der Waals surface area (Å²) < 4.78 is 25.9. The normalized spacial score (nSPS) is 17.0. The Hall–Kier alpha value is -2.83. The lowest BCUT2D eigenvalue weighted by Crippen LogP contribution is -2.42. The zero-order valence-corrected chi connectivity index (χ0v) is 14.5. The summed E-state index contributed by atoms with van der Waals surface area (Å²) >= 11 is 0. The Morgan fingerprint density at radius 2 is 2.15 bits per heavy atom. The van der Waals surface area contributed by atoms with Crippen LogP contribution in [0.15, 0.2) is 36.5 Å². The number of ether oxygens (including phenoxy) is 2. The van der Waals surface area contributed by atoms with Crippen LogP contribution in [0.4, 0.5) is 10.2 Å². The first kappa shape index (κ1) is 18.0. The van der Waals surface area contributed by atoms with Crippen LogP contribution in [0.2, 0.25) is 0 Å². The highest BCUT2D eigenvalue weighted by Crippen LogP contribution is 2.30. The minimum absolute atomic E-state index is 0.134. The van der Waals surface area contributed by atoms with Crippen LogP contribution in [0.3, 0.4) is 0 Å². The number of pyridine rings is 1. The quantitative estimate of drug-likeness (QED) is 0.852. The smallest absolute Gasteiger partial charge is 0.337 e. The molecule has 26 heavy (non-hydrogen) atoms. The highest BCUT2D eigenvalue weighted by atomic mass is 19.1. The fourth-order valence-electron chi connectivity index (χ4n) is 3.01. The second-order valence-corrected chi connectivity index (χ2v) is 6.04. The van der Waals surface area contributed by atoms with E-state index in [4.69, 9.17) is 14.6 Å². The zero-order chi connectivity index (χ0) is 18.5. The Bertz CT molecular complexity index is 784. The fourth-order valence-corrected chi connectivity index (χ4v) is 3.01. The van der Waals surface area contributed by atoms with E-state index in [1.807, 2.05) is 31.2 Å². The van der Waals surface area contributed by atoms with Crippen molar-refractivity contribution in [3.05, 3.63) is 47.9 Å². The molecule has 1 aliphatic rings. The zero-order valence-electron chi connectivity index (χ0n) is 14.5. The Kier molecular flexibility index (Phi) is 5.55. The molecule has 1 aliphatic heterocycles. The minimum atomic E-state index is -1.20. The molecule has 1 aromatic heterocycles. The van der Waals surface area contributed by atoms with Crippen molar-refractivity contribution in [3.8, 4) is 11.5 Å². The lowest BCUT2D eigenvalue weighted by Gasteiger charge is -2.34. The monoisotopic (exact) mass is 360 g/mol. The molecule has 3 rings (SSSR count). The summed E-state index contributed by atoms with van der Waals surface area (Å²) in [6.45, 7) is 3.57. The molecule has 0 aliphatic carbocycles. The van der Waals surface area contributed by atoms with E-state index < -0.39 is 11.8 Å². The van der Waals surface area contributed by atoms with Gasteiger partial charge in [0.25, 0.3) is 0 Å². The fraction of sp³-hybridized carbons (Fsp3) is 0.368. The topological polar surface area (TPSA) is 71.9 Å². The molecule has 0 bridgehead atoms. The maximum absolute atomic E-state index is 14.3. The van der Waals surface area contributed by atoms with Gasteiger partial charge in [0, 0.05) is 12.7 Å². The number of carboxylic acids is 1. The number of aromatic nitrogens is 1. The first-order valence-electron chi connectivity index (χ1n) is 8.60. The van der Waals surface area contributed by atoms with Crippen LogP contribution in [-0.4, -0.2) is 41.9 Å². The third kappa shape index (κ3) is 4.04. The number of rotatable bonds is 6. The molecule has 7 heteroatoms. The van der Waals surface area contributed by atoms with Crippen molar-refractivity contribution in [1.82, 2.24) is 4.98 Å². The van der Waals surface area contributed by atoms with Gasteiger partial charge in [0.2, 0.25) is 0 Å². The summed E-state index contributed by atoms with van der Waals surface area (Å²) in [5, 5.41) is 8.93. The second-order valence-electron chi connectivity index (χ2n) is 6.04. The van der Waals surface area contributed by atoms with E-state index in [1.165, 1.54) is 6.20 Å². The van der Waals surface area contributed by atoms with E-state index in [0.29, 0.717) is 31.2 Å². The number of para-hydroxylation sites is 2. The SMILES string of the molecule is CCOc1ccccc1O[C@@H]1CCCN(c2ncc(C(=O)O)cc2F)C1. The minimum Gasteiger partial charge on any atom is -0.490 e. The molecule has 1 fully saturated rings. The number of piperidine rings is 1. The van der Waals surface area contributed by atoms with E-state index in [-0.39, 0.29) is 17.5 Å². The molecule has 0 unspecified atom stereocenters. The summed E-state index contributed by atoms with van der Waals surface area (Å²) in [6.07, 6.45) is 2.70. The number of anilines is 1. The number of hydrogen-bond acceptors (Lipinski definition) is 5. The van der Waals surface area contributed by atoms with Gasteiger partial charge in [-0.15, -0.1) is 0 Å². The molecule has 1 aromatic carbocycles. The molecular formula is C19H21FN2O4. The van der Waals surface area contributed by atoms with E-state index in [1.54, 1.807) is 4.90 Å². The Balaban J connectivity index is 1.73. The molecule has 138 valence electrons. The maximum Gasteiger partial charge on any atom is 0.337 e. The van der Waals surface area contributed by atoms with Crippen LogP contribution in [0.25, 0.3) is 0 Å². The third-order valence-corrected chi connectivity index (χ3v) is 4.19. The second kappa shape index (κ2) is 8.03. The van der Waals surface area contributed by atoms with E-state index in [9.17, 15) is 9.18 Å². The standard InChI is InChI=1S/C19H21FN2O4/c1-2-25-16-7-3-4-8-17(16)26-14-6-5-9-22(12-14)18-15(20)10-13(11-21-18)19(23)24/h3-4,7-8,10-11,14H,2,5-6,9,12H2,1H3,(H,23,24)/t14-/m1/s1. The molecular weight excluding hydrogens is 339 g/mol.